The smallest absolute Gasteiger partial charge is 0.149 e. The third kappa shape index (κ3) is 1.51. The third-order valence-corrected chi connectivity index (χ3v) is 3.11. The summed E-state index contributed by atoms with van der Waals surface area (Å²) >= 11 is 0. The first-order valence-corrected chi connectivity index (χ1v) is 5.67. The van der Waals surface area contributed by atoms with Gasteiger partial charge in [0.15, 0.2) is 0 Å². The third-order valence-electron chi connectivity index (χ3n) is 3.11. The summed E-state index contributed by atoms with van der Waals surface area (Å²) in [5.74, 6) is 1.49. The van der Waals surface area contributed by atoms with Crippen LogP contribution in [0.25, 0.3) is 11.6 Å². The highest BCUT2D eigenvalue weighted by Gasteiger charge is 2.13. The fraction of sp³-hybridized carbons (Fsp3) is 0.333. The Labute approximate surface area is 99.4 Å². The van der Waals surface area contributed by atoms with Gasteiger partial charge in [0.25, 0.3) is 0 Å². The zero-order chi connectivity index (χ0) is 12.0. The largest absolute Gasteiger partial charge is 0.382 e. The van der Waals surface area contributed by atoms with Gasteiger partial charge in [0.05, 0.1) is 17.6 Å². The number of nitrogens with zero attached hydrogens (tertiary/aromatic N) is 3. The minimum atomic E-state index is 0.539. The SMILES string of the molecule is Cc1nc(C)n2c(C=C3CNC3)cnc(N)c12. The van der Waals surface area contributed by atoms with Crippen LogP contribution in [0.1, 0.15) is 17.2 Å². The van der Waals surface area contributed by atoms with Crippen molar-refractivity contribution >= 4 is 17.4 Å². The average Bonchev–Trinajstić information content (AvgIpc) is 2.52. The summed E-state index contributed by atoms with van der Waals surface area (Å²) in [5.41, 5.74) is 10.2. The van der Waals surface area contributed by atoms with Crippen molar-refractivity contribution in [2.75, 3.05) is 18.8 Å². The van der Waals surface area contributed by atoms with Crippen LogP contribution in [-0.2, 0) is 0 Å². The number of fused-ring (bicyclic) bond motifs is 1. The minimum absolute atomic E-state index is 0.539. The van der Waals surface area contributed by atoms with Crippen molar-refractivity contribution in [2.24, 2.45) is 0 Å². The summed E-state index contributed by atoms with van der Waals surface area (Å²) in [4.78, 5) is 8.71. The summed E-state index contributed by atoms with van der Waals surface area (Å²) in [6, 6.07) is 0. The van der Waals surface area contributed by atoms with Crippen LogP contribution >= 0.6 is 0 Å². The number of anilines is 1. The van der Waals surface area contributed by atoms with E-state index in [0.717, 1.165) is 35.8 Å². The summed E-state index contributed by atoms with van der Waals surface area (Å²) < 4.78 is 2.07. The van der Waals surface area contributed by atoms with Gasteiger partial charge in [-0.15, -0.1) is 0 Å². The van der Waals surface area contributed by atoms with Crippen molar-refractivity contribution < 1.29 is 0 Å². The predicted octanol–water partition coefficient (Wildman–Crippen LogP) is 0.915. The molecular weight excluding hydrogens is 214 g/mol. The first-order chi connectivity index (χ1) is 8.16. The molecule has 0 bridgehead atoms. The second-order valence-electron chi connectivity index (χ2n) is 4.40. The van der Waals surface area contributed by atoms with E-state index in [4.69, 9.17) is 5.73 Å². The lowest BCUT2D eigenvalue weighted by Crippen LogP contribution is -2.33. The molecule has 3 rings (SSSR count). The molecule has 0 radical (unpaired) electrons. The number of aryl methyl sites for hydroxylation is 2. The summed E-state index contributed by atoms with van der Waals surface area (Å²) in [6.45, 7) is 5.86. The second-order valence-corrected chi connectivity index (χ2v) is 4.40. The van der Waals surface area contributed by atoms with Gasteiger partial charge in [0.2, 0.25) is 0 Å². The van der Waals surface area contributed by atoms with Crippen LogP contribution < -0.4 is 11.1 Å². The molecule has 3 heterocycles. The number of hydrogen-bond acceptors (Lipinski definition) is 4. The fourth-order valence-corrected chi connectivity index (χ4v) is 2.22. The molecule has 2 aromatic rings. The van der Waals surface area contributed by atoms with Gasteiger partial charge in [-0.3, -0.25) is 4.40 Å². The molecule has 1 saturated heterocycles. The Morgan fingerprint density at radius 3 is 2.82 bits per heavy atom. The maximum atomic E-state index is 5.91. The maximum Gasteiger partial charge on any atom is 0.149 e. The molecule has 5 nitrogen and oxygen atoms in total. The first kappa shape index (κ1) is 10.3. The molecule has 2 aromatic heterocycles. The maximum absolute atomic E-state index is 5.91. The Hall–Kier alpha value is -1.88. The van der Waals surface area contributed by atoms with E-state index in [1.54, 1.807) is 0 Å². The highest BCUT2D eigenvalue weighted by atomic mass is 15.1. The molecule has 0 aliphatic carbocycles. The van der Waals surface area contributed by atoms with E-state index < -0.39 is 0 Å². The normalized spacial score (nSPS) is 15.1. The molecule has 5 heteroatoms. The van der Waals surface area contributed by atoms with Crippen LogP contribution in [0.3, 0.4) is 0 Å². The average molecular weight is 229 g/mol. The lowest BCUT2D eigenvalue weighted by atomic mass is 10.1. The number of nitrogens with two attached hydrogens (primary N) is 1. The Morgan fingerprint density at radius 2 is 2.18 bits per heavy atom. The second kappa shape index (κ2) is 3.56. The molecule has 0 amide bonds. The van der Waals surface area contributed by atoms with Crippen molar-refractivity contribution in [3.8, 4) is 0 Å². The number of hydrogen-bond donors (Lipinski definition) is 2. The van der Waals surface area contributed by atoms with E-state index >= 15 is 0 Å². The minimum Gasteiger partial charge on any atom is -0.382 e. The Bertz CT molecular complexity index is 617. The highest BCUT2D eigenvalue weighted by Crippen LogP contribution is 2.21. The molecule has 88 valence electrons. The molecule has 17 heavy (non-hydrogen) atoms. The first-order valence-electron chi connectivity index (χ1n) is 5.67. The lowest BCUT2D eigenvalue weighted by molar-refractivity contribution is 0.674. The van der Waals surface area contributed by atoms with Crippen molar-refractivity contribution in [2.45, 2.75) is 13.8 Å². The van der Waals surface area contributed by atoms with Gasteiger partial charge >= 0.3 is 0 Å². The Balaban J connectivity index is 2.28. The molecular formula is C12H15N5. The molecule has 1 fully saturated rings. The van der Waals surface area contributed by atoms with E-state index in [1.165, 1.54) is 5.57 Å². The summed E-state index contributed by atoms with van der Waals surface area (Å²) in [6.07, 6.45) is 3.96. The topological polar surface area (TPSA) is 68.2 Å². The molecule has 0 spiro atoms. The number of nitrogen functional groups attached to an aromatic ring is 1. The number of aromatic nitrogens is 3. The number of nitrogens with one attached hydrogen (secondary N) is 1. The standard InChI is InChI=1S/C12H15N5/c1-7-11-12(13)15-6-10(3-9-4-14-5-9)17(11)8(2)16-7/h3,6,14H,4-5H2,1-2H3,(H2,13,15). The lowest BCUT2D eigenvalue weighted by Gasteiger charge is -2.18. The fourth-order valence-electron chi connectivity index (χ4n) is 2.22. The number of imidazole rings is 1. The van der Waals surface area contributed by atoms with Crippen LogP contribution in [0, 0.1) is 13.8 Å². The highest BCUT2D eigenvalue weighted by molar-refractivity contribution is 5.71. The zero-order valence-electron chi connectivity index (χ0n) is 9.99. The van der Waals surface area contributed by atoms with E-state index in [0.29, 0.717) is 5.82 Å². The molecule has 0 aromatic carbocycles. The van der Waals surface area contributed by atoms with E-state index in [2.05, 4.69) is 25.8 Å². The number of rotatable bonds is 1. The molecule has 3 N–H and O–H groups in total. The zero-order valence-corrected chi connectivity index (χ0v) is 9.99. The van der Waals surface area contributed by atoms with Crippen LogP contribution in [0.2, 0.25) is 0 Å². The van der Waals surface area contributed by atoms with Gasteiger partial charge in [0.1, 0.15) is 17.2 Å². The van der Waals surface area contributed by atoms with E-state index in [9.17, 15) is 0 Å². The van der Waals surface area contributed by atoms with Gasteiger partial charge in [0, 0.05) is 13.1 Å². The van der Waals surface area contributed by atoms with Gasteiger partial charge in [-0.1, -0.05) is 0 Å². The van der Waals surface area contributed by atoms with Crippen LogP contribution in [0.15, 0.2) is 11.8 Å². The van der Waals surface area contributed by atoms with Crippen molar-refractivity contribution in [3.05, 3.63) is 29.0 Å². The van der Waals surface area contributed by atoms with Gasteiger partial charge in [-0.05, 0) is 25.5 Å². The molecule has 0 saturated carbocycles. The Morgan fingerprint density at radius 1 is 1.41 bits per heavy atom. The Kier molecular flexibility index (Phi) is 2.16. The van der Waals surface area contributed by atoms with Gasteiger partial charge in [-0.25, -0.2) is 9.97 Å². The molecule has 0 unspecified atom stereocenters. The van der Waals surface area contributed by atoms with Gasteiger partial charge < -0.3 is 11.1 Å². The van der Waals surface area contributed by atoms with E-state index in [-0.39, 0.29) is 0 Å². The van der Waals surface area contributed by atoms with Crippen LogP contribution in [-0.4, -0.2) is 27.5 Å². The molecule has 1 aliphatic rings. The van der Waals surface area contributed by atoms with E-state index in [1.807, 2.05) is 20.0 Å². The van der Waals surface area contributed by atoms with Crippen molar-refractivity contribution in [1.82, 2.24) is 19.7 Å². The molecule has 1 aliphatic heterocycles. The summed E-state index contributed by atoms with van der Waals surface area (Å²) in [7, 11) is 0. The van der Waals surface area contributed by atoms with Gasteiger partial charge in [-0.2, -0.15) is 0 Å². The van der Waals surface area contributed by atoms with Crippen LogP contribution in [0.5, 0.6) is 0 Å². The quantitative estimate of drug-likeness (QED) is 0.763. The summed E-state index contributed by atoms with van der Waals surface area (Å²) in [5, 5.41) is 3.22. The van der Waals surface area contributed by atoms with Crippen molar-refractivity contribution in [1.29, 1.82) is 0 Å². The van der Waals surface area contributed by atoms with Crippen LogP contribution in [0.4, 0.5) is 5.82 Å². The molecule has 0 atom stereocenters. The monoisotopic (exact) mass is 229 g/mol. The predicted molar refractivity (Wildman–Crippen MR) is 67.7 cm³/mol. The van der Waals surface area contributed by atoms with Crippen molar-refractivity contribution in [3.63, 3.8) is 0 Å².